The first-order chi connectivity index (χ1) is 15.2. The molecule has 0 aromatic heterocycles. The van der Waals surface area contributed by atoms with E-state index >= 15 is 0 Å². The van der Waals surface area contributed by atoms with Crippen LogP contribution in [0.2, 0.25) is 0 Å². The van der Waals surface area contributed by atoms with Crippen molar-refractivity contribution in [2.75, 3.05) is 39.6 Å². The summed E-state index contributed by atoms with van der Waals surface area (Å²) >= 11 is 0. The topological polar surface area (TPSA) is 68.2 Å². The third-order valence-electron chi connectivity index (χ3n) is 5.40. The number of aliphatic hydroxyl groups is 2. The number of hydrogen-bond acceptors (Lipinski definition) is 5. The number of ether oxygens (including phenoxy) is 3. The zero-order valence-corrected chi connectivity index (χ0v) is 21.4. The lowest BCUT2D eigenvalue weighted by Gasteiger charge is -2.23. The molecule has 2 N–H and O–H groups in total. The van der Waals surface area contributed by atoms with Gasteiger partial charge in [-0.3, -0.25) is 0 Å². The van der Waals surface area contributed by atoms with E-state index in [0.717, 1.165) is 0 Å². The summed E-state index contributed by atoms with van der Waals surface area (Å²) in [4.78, 5) is 0. The monoisotopic (exact) mass is 448 g/mol. The molecule has 0 aliphatic rings. The maximum atomic E-state index is 8.26. The molecule has 0 aromatic rings. The van der Waals surface area contributed by atoms with Gasteiger partial charge in [0.05, 0.1) is 51.8 Å². The van der Waals surface area contributed by atoms with Crippen LogP contribution in [0.3, 0.4) is 0 Å². The predicted molar refractivity (Wildman–Crippen MR) is 132 cm³/mol. The summed E-state index contributed by atoms with van der Waals surface area (Å²) in [5.41, 5.74) is 0. The van der Waals surface area contributed by atoms with Gasteiger partial charge in [0, 0.05) is 0 Å². The standard InChI is InChI=1S/C20H42O.C6H14O4/c1-5-9-11-13-15-17-19(7-3)21-20(8-4)18-16-14-12-10-6-2;7-1-3-9-5-6-10-4-2-8/h19-20H,5-18H2,1-4H3;7-8H,1-6H2. The van der Waals surface area contributed by atoms with Gasteiger partial charge in [-0.15, -0.1) is 0 Å². The summed E-state index contributed by atoms with van der Waals surface area (Å²) in [5, 5.41) is 16.5. The largest absolute Gasteiger partial charge is 0.394 e. The molecule has 0 amide bonds. The van der Waals surface area contributed by atoms with Gasteiger partial charge < -0.3 is 24.4 Å². The Labute approximate surface area is 194 Å². The number of hydrogen-bond donors (Lipinski definition) is 2. The second-order valence-corrected chi connectivity index (χ2v) is 8.27. The Morgan fingerprint density at radius 2 is 0.903 bits per heavy atom. The quantitative estimate of drug-likeness (QED) is 0.180. The molecule has 2 atom stereocenters. The first-order valence-corrected chi connectivity index (χ1v) is 13.2. The van der Waals surface area contributed by atoms with Crippen LogP contribution < -0.4 is 0 Å². The van der Waals surface area contributed by atoms with Crippen LogP contribution in [0, 0.1) is 0 Å². The predicted octanol–water partition coefficient (Wildman–Crippen LogP) is 6.29. The molecule has 0 spiro atoms. The first kappa shape index (κ1) is 33.0. The molecule has 5 nitrogen and oxygen atoms in total. The average molecular weight is 449 g/mol. The van der Waals surface area contributed by atoms with Gasteiger partial charge in [0.15, 0.2) is 0 Å². The third kappa shape index (κ3) is 27.8. The summed E-state index contributed by atoms with van der Waals surface area (Å²) in [6, 6.07) is 0. The van der Waals surface area contributed by atoms with E-state index in [9.17, 15) is 0 Å². The second-order valence-electron chi connectivity index (χ2n) is 8.27. The van der Waals surface area contributed by atoms with E-state index in [2.05, 4.69) is 27.7 Å². The SMILES string of the molecule is CCCCCCCC(CC)OC(CC)CCCCCCC.OCCOCCOCCO. The van der Waals surface area contributed by atoms with E-state index in [1.165, 1.54) is 89.9 Å². The molecule has 0 saturated heterocycles. The van der Waals surface area contributed by atoms with Gasteiger partial charge in [0.1, 0.15) is 0 Å². The van der Waals surface area contributed by atoms with Crippen LogP contribution in [-0.4, -0.2) is 62.1 Å². The smallest absolute Gasteiger partial charge is 0.0701 e. The van der Waals surface area contributed by atoms with Crippen molar-refractivity contribution >= 4 is 0 Å². The van der Waals surface area contributed by atoms with Gasteiger partial charge in [-0.25, -0.2) is 0 Å². The highest BCUT2D eigenvalue weighted by molar-refractivity contribution is 4.63. The van der Waals surface area contributed by atoms with Gasteiger partial charge in [0.25, 0.3) is 0 Å². The van der Waals surface area contributed by atoms with Crippen molar-refractivity contribution in [1.82, 2.24) is 0 Å². The summed E-state index contributed by atoms with van der Waals surface area (Å²) in [6.07, 6.45) is 19.7. The molecule has 31 heavy (non-hydrogen) atoms. The maximum Gasteiger partial charge on any atom is 0.0701 e. The van der Waals surface area contributed by atoms with Gasteiger partial charge >= 0.3 is 0 Å². The highest BCUT2D eigenvalue weighted by Gasteiger charge is 2.13. The Hall–Kier alpha value is -0.200. The van der Waals surface area contributed by atoms with Crippen LogP contribution in [0.15, 0.2) is 0 Å². The van der Waals surface area contributed by atoms with E-state index in [1.807, 2.05) is 0 Å². The van der Waals surface area contributed by atoms with E-state index < -0.39 is 0 Å². The van der Waals surface area contributed by atoms with Crippen molar-refractivity contribution in [2.24, 2.45) is 0 Å². The van der Waals surface area contributed by atoms with Crippen molar-refractivity contribution in [2.45, 2.75) is 130 Å². The summed E-state index contributed by atoms with van der Waals surface area (Å²) < 4.78 is 16.1. The lowest BCUT2D eigenvalue weighted by molar-refractivity contribution is -0.0257. The summed E-state index contributed by atoms with van der Waals surface area (Å²) in [7, 11) is 0. The Balaban J connectivity index is 0. The average Bonchev–Trinajstić information content (AvgIpc) is 2.79. The Morgan fingerprint density at radius 1 is 0.516 bits per heavy atom. The highest BCUT2D eigenvalue weighted by Crippen LogP contribution is 2.18. The van der Waals surface area contributed by atoms with Crippen LogP contribution >= 0.6 is 0 Å². The maximum absolute atomic E-state index is 8.26. The fourth-order valence-corrected chi connectivity index (χ4v) is 3.41. The Bertz CT molecular complexity index is 274. The molecule has 0 fully saturated rings. The normalized spacial score (nSPS) is 13.0. The molecule has 2 unspecified atom stereocenters. The first-order valence-electron chi connectivity index (χ1n) is 13.2. The van der Waals surface area contributed by atoms with Gasteiger partial charge in [0.2, 0.25) is 0 Å². The Kier molecular flexibility index (Phi) is 31.7. The van der Waals surface area contributed by atoms with Crippen LogP contribution in [0.25, 0.3) is 0 Å². The minimum absolute atomic E-state index is 0.0417. The fourth-order valence-electron chi connectivity index (χ4n) is 3.41. The van der Waals surface area contributed by atoms with Gasteiger partial charge in [-0.1, -0.05) is 91.9 Å². The van der Waals surface area contributed by atoms with Gasteiger partial charge in [-0.2, -0.15) is 0 Å². The molecule has 0 bridgehead atoms. The Morgan fingerprint density at radius 3 is 1.23 bits per heavy atom. The molecule has 0 aliphatic carbocycles. The van der Waals surface area contributed by atoms with Crippen molar-refractivity contribution < 1.29 is 24.4 Å². The molecule has 0 saturated carbocycles. The molecule has 0 aromatic carbocycles. The van der Waals surface area contributed by atoms with Crippen LogP contribution in [0.4, 0.5) is 0 Å². The van der Waals surface area contributed by atoms with E-state index in [1.54, 1.807) is 0 Å². The van der Waals surface area contributed by atoms with Crippen LogP contribution in [0.1, 0.15) is 118 Å². The molecule has 0 rings (SSSR count). The van der Waals surface area contributed by atoms with E-state index in [-0.39, 0.29) is 13.2 Å². The van der Waals surface area contributed by atoms with Crippen molar-refractivity contribution in [3.05, 3.63) is 0 Å². The third-order valence-corrected chi connectivity index (χ3v) is 5.40. The number of aliphatic hydroxyl groups excluding tert-OH is 2. The molecule has 0 aliphatic heterocycles. The lowest BCUT2D eigenvalue weighted by Crippen LogP contribution is -2.21. The summed E-state index contributed by atoms with van der Waals surface area (Å²) in [6.45, 7) is 10.9. The molecule has 0 heterocycles. The zero-order valence-electron chi connectivity index (χ0n) is 21.4. The molecule has 5 heteroatoms. The fraction of sp³-hybridized carbons (Fsp3) is 1.00. The van der Waals surface area contributed by atoms with E-state index in [4.69, 9.17) is 24.4 Å². The molecule has 190 valence electrons. The molecule has 0 radical (unpaired) electrons. The molecular formula is C26H56O5. The number of rotatable bonds is 23. The minimum atomic E-state index is 0.0417. The van der Waals surface area contributed by atoms with Crippen LogP contribution in [0.5, 0.6) is 0 Å². The second kappa shape index (κ2) is 29.8. The van der Waals surface area contributed by atoms with Crippen LogP contribution in [-0.2, 0) is 14.2 Å². The lowest BCUT2D eigenvalue weighted by atomic mass is 10.0. The van der Waals surface area contributed by atoms with Crippen molar-refractivity contribution in [3.63, 3.8) is 0 Å². The summed E-state index contributed by atoms with van der Waals surface area (Å²) in [5.74, 6) is 0. The number of unbranched alkanes of at least 4 members (excludes halogenated alkanes) is 8. The minimum Gasteiger partial charge on any atom is -0.394 e. The highest BCUT2D eigenvalue weighted by atomic mass is 16.5. The molecular weight excluding hydrogens is 392 g/mol. The van der Waals surface area contributed by atoms with E-state index in [0.29, 0.717) is 38.6 Å². The van der Waals surface area contributed by atoms with Crippen molar-refractivity contribution in [1.29, 1.82) is 0 Å². The van der Waals surface area contributed by atoms with Crippen molar-refractivity contribution in [3.8, 4) is 0 Å². The van der Waals surface area contributed by atoms with Gasteiger partial charge in [-0.05, 0) is 25.7 Å². The zero-order chi connectivity index (χ0) is 23.4.